The van der Waals surface area contributed by atoms with E-state index in [9.17, 15) is 23.2 Å². The quantitative estimate of drug-likeness (QED) is 0.431. The average Bonchev–Trinajstić information content (AvgIpc) is 2.96. The molecule has 0 aliphatic carbocycles. The second-order valence-electron chi connectivity index (χ2n) is 10.1. The molecular weight excluding hydrogens is 519 g/mol. The second-order valence-corrected chi connectivity index (χ2v) is 10.1. The van der Waals surface area contributed by atoms with Crippen LogP contribution in [0.5, 0.6) is 5.75 Å². The lowest BCUT2D eigenvalue weighted by Gasteiger charge is -2.42. The number of nitrogens with one attached hydrogen (secondary N) is 1. The molecule has 7 nitrogen and oxygen atoms in total. The Kier molecular flexibility index (Phi) is 8.64. The number of nitrogens with zero attached hydrogens (tertiary/aromatic N) is 4. The third-order valence-corrected chi connectivity index (χ3v) is 7.38. The van der Waals surface area contributed by atoms with Crippen molar-refractivity contribution in [2.24, 2.45) is 0 Å². The van der Waals surface area contributed by atoms with Gasteiger partial charge in [0.1, 0.15) is 11.8 Å². The number of amides is 1. The number of anilines is 1. The summed E-state index contributed by atoms with van der Waals surface area (Å²) < 4.78 is 45.1. The zero-order valence-electron chi connectivity index (χ0n) is 22.8. The molecule has 3 aromatic rings. The normalized spacial score (nSPS) is 15.0. The van der Waals surface area contributed by atoms with Crippen molar-refractivity contribution in [3.05, 3.63) is 77.5 Å². The van der Waals surface area contributed by atoms with Gasteiger partial charge in [-0.2, -0.15) is 18.4 Å². The first-order valence-electron chi connectivity index (χ1n) is 13.0. The Labute approximate surface area is 232 Å². The minimum absolute atomic E-state index is 0.0411. The maximum Gasteiger partial charge on any atom is 0.416 e. The van der Waals surface area contributed by atoms with Gasteiger partial charge in [-0.15, -0.1) is 0 Å². The van der Waals surface area contributed by atoms with Crippen LogP contribution in [0.1, 0.15) is 29.5 Å². The SMILES string of the molecule is COc1ccccc1-c1ccc(C2(C(=O)NCCN(C)C)CCN(c3ccc(C(F)(F)F)cc3C#N)CC2)cn1. The number of benzene rings is 2. The van der Waals surface area contributed by atoms with Crippen LogP contribution < -0.4 is 15.0 Å². The number of alkyl halides is 3. The van der Waals surface area contributed by atoms with E-state index in [1.807, 2.05) is 66.4 Å². The molecule has 0 saturated carbocycles. The summed E-state index contributed by atoms with van der Waals surface area (Å²) in [6, 6.07) is 16.5. The number of halogens is 3. The molecule has 10 heteroatoms. The molecule has 1 aromatic heterocycles. The predicted molar refractivity (Wildman–Crippen MR) is 147 cm³/mol. The average molecular weight is 552 g/mol. The van der Waals surface area contributed by atoms with Gasteiger partial charge in [0, 0.05) is 37.9 Å². The highest BCUT2D eigenvalue weighted by Crippen LogP contribution is 2.40. The first-order valence-corrected chi connectivity index (χ1v) is 13.0. The molecular formula is C30H32F3N5O2. The van der Waals surface area contributed by atoms with Gasteiger partial charge in [0.15, 0.2) is 0 Å². The van der Waals surface area contributed by atoms with Crippen LogP contribution in [-0.4, -0.2) is 63.2 Å². The monoisotopic (exact) mass is 551 g/mol. The Morgan fingerprint density at radius 1 is 1.15 bits per heavy atom. The number of carbonyl (C=O) groups is 1. The molecule has 1 aliphatic heterocycles. The smallest absolute Gasteiger partial charge is 0.416 e. The van der Waals surface area contributed by atoms with Crippen LogP contribution in [0.4, 0.5) is 18.9 Å². The summed E-state index contributed by atoms with van der Waals surface area (Å²) in [6.45, 7) is 1.92. The van der Waals surface area contributed by atoms with E-state index in [2.05, 4.69) is 10.3 Å². The molecule has 210 valence electrons. The van der Waals surface area contributed by atoms with Crippen LogP contribution in [0.3, 0.4) is 0 Å². The van der Waals surface area contributed by atoms with Crippen molar-refractivity contribution in [3.8, 4) is 23.1 Å². The van der Waals surface area contributed by atoms with Crippen LogP contribution >= 0.6 is 0 Å². The Hall–Kier alpha value is -4.10. The number of likely N-dealkylation sites (N-methyl/N-ethyl adjacent to an activating group) is 1. The van der Waals surface area contributed by atoms with Gasteiger partial charge >= 0.3 is 6.18 Å². The summed E-state index contributed by atoms with van der Waals surface area (Å²) >= 11 is 0. The molecule has 4 rings (SSSR count). The molecule has 40 heavy (non-hydrogen) atoms. The number of ether oxygens (including phenoxy) is 1. The third-order valence-electron chi connectivity index (χ3n) is 7.38. The molecule has 1 N–H and O–H groups in total. The largest absolute Gasteiger partial charge is 0.496 e. The lowest BCUT2D eigenvalue weighted by Crippen LogP contribution is -2.52. The van der Waals surface area contributed by atoms with Crippen LogP contribution in [0, 0.1) is 11.3 Å². The Bertz CT molecular complexity index is 1380. The van der Waals surface area contributed by atoms with Crippen molar-refractivity contribution < 1.29 is 22.7 Å². The van der Waals surface area contributed by atoms with Gasteiger partial charge in [-0.3, -0.25) is 9.78 Å². The van der Waals surface area contributed by atoms with Gasteiger partial charge in [0.25, 0.3) is 0 Å². The molecule has 0 radical (unpaired) electrons. The van der Waals surface area contributed by atoms with Crippen LogP contribution in [0.15, 0.2) is 60.8 Å². The maximum absolute atomic E-state index is 13.7. The summed E-state index contributed by atoms with van der Waals surface area (Å²) in [6.07, 6.45) is -2.00. The first-order chi connectivity index (χ1) is 19.1. The third kappa shape index (κ3) is 6.05. The van der Waals surface area contributed by atoms with E-state index in [1.165, 1.54) is 6.07 Å². The maximum atomic E-state index is 13.7. The topological polar surface area (TPSA) is 81.5 Å². The number of hydrogen-bond donors (Lipinski definition) is 1. The number of aromatic nitrogens is 1. The van der Waals surface area contributed by atoms with Gasteiger partial charge in [0.05, 0.1) is 35.0 Å². The number of para-hydroxylation sites is 1. The van der Waals surface area contributed by atoms with E-state index >= 15 is 0 Å². The molecule has 0 spiro atoms. The Morgan fingerprint density at radius 2 is 1.88 bits per heavy atom. The number of pyridine rings is 1. The fourth-order valence-electron chi connectivity index (χ4n) is 5.11. The number of methoxy groups -OCH3 is 1. The molecule has 0 bridgehead atoms. The lowest BCUT2D eigenvalue weighted by molar-refractivity contribution is -0.137. The van der Waals surface area contributed by atoms with Crippen molar-refractivity contribution in [2.75, 3.05) is 52.3 Å². The van der Waals surface area contributed by atoms with E-state index in [0.29, 0.717) is 56.2 Å². The number of piperidine rings is 1. The zero-order valence-corrected chi connectivity index (χ0v) is 22.8. The van der Waals surface area contributed by atoms with Gasteiger partial charge in [-0.05, 0) is 68.9 Å². The highest BCUT2D eigenvalue weighted by atomic mass is 19.4. The van der Waals surface area contributed by atoms with E-state index in [1.54, 1.807) is 13.3 Å². The highest BCUT2D eigenvalue weighted by molar-refractivity contribution is 5.89. The van der Waals surface area contributed by atoms with E-state index in [0.717, 1.165) is 23.3 Å². The Balaban J connectivity index is 1.63. The molecule has 1 amide bonds. The zero-order chi connectivity index (χ0) is 28.9. The predicted octanol–water partition coefficient (Wildman–Crippen LogP) is 4.86. The van der Waals surface area contributed by atoms with Crippen molar-refractivity contribution in [3.63, 3.8) is 0 Å². The van der Waals surface area contributed by atoms with Crippen LogP contribution in [0.25, 0.3) is 11.3 Å². The van der Waals surface area contributed by atoms with Crippen molar-refractivity contribution >= 4 is 11.6 Å². The Morgan fingerprint density at radius 3 is 2.48 bits per heavy atom. The summed E-state index contributed by atoms with van der Waals surface area (Å²) in [7, 11) is 5.46. The number of nitriles is 1. The molecule has 2 aromatic carbocycles. The summed E-state index contributed by atoms with van der Waals surface area (Å²) in [5, 5.41) is 12.6. The summed E-state index contributed by atoms with van der Waals surface area (Å²) in [5.74, 6) is 0.575. The molecule has 1 aliphatic rings. The minimum Gasteiger partial charge on any atom is -0.496 e. The molecule has 1 saturated heterocycles. The van der Waals surface area contributed by atoms with Crippen molar-refractivity contribution in [1.29, 1.82) is 5.26 Å². The van der Waals surface area contributed by atoms with Crippen molar-refractivity contribution in [1.82, 2.24) is 15.2 Å². The van der Waals surface area contributed by atoms with Crippen LogP contribution in [-0.2, 0) is 16.4 Å². The van der Waals surface area contributed by atoms with Gasteiger partial charge in [-0.1, -0.05) is 18.2 Å². The summed E-state index contributed by atoms with van der Waals surface area (Å²) in [5.41, 5.74) is 0.963. The molecule has 1 fully saturated rings. The fourth-order valence-corrected chi connectivity index (χ4v) is 5.11. The fraction of sp³-hybridized carbons (Fsp3) is 0.367. The molecule has 2 heterocycles. The molecule has 0 unspecified atom stereocenters. The van der Waals surface area contributed by atoms with Gasteiger partial charge in [0.2, 0.25) is 5.91 Å². The van der Waals surface area contributed by atoms with Gasteiger partial charge in [-0.25, -0.2) is 0 Å². The van der Waals surface area contributed by atoms with E-state index < -0.39 is 17.2 Å². The number of carbonyl (C=O) groups excluding carboxylic acids is 1. The first kappa shape index (κ1) is 28.9. The standard InChI is InChI=1S/C30H32F3N5O2/c1-37(2)17-14-35-28(39)29(23-8-10-25(36-20-23)24-6-4-5-7-27(24)40-3)12-15-38(16-13-29)26-11-9-22(30(31,32)33)18-21(26)19-34/h4-11,18,20H,12-17H2,1-3H3,(H,35,39). The number of hydrogen-bond acceptors (Lipinski definition) is 6. The summed E-state index contributed by atoms with van der Waals surface area (Å²) in [4.78, 5) is 22.2. The van der Waals surface area contributed by atoms with Gasteiger partial charge < -0.3 is 19.9 Å². The second kappa shape index (κ2) is 12.0. The lowest BCUT2D eigenvalue weighted by atomic mass is 9.72. The van der Waals surface area contributed by atoms with E-state index in [-0.39, 0.29) is 11.5 Å². The van der Waals surface area contributed by atoms with Crippen LogP contribution in [0.2, 0.25) is 0 Å². The van der Waals surface area contributed by atoms with E-state index in [4.69, 9.17) is 4.74 Å². The minimum atomic E-state index is -4.53. The number of rotatable bonds is 8. The molecule has 0 atom stereocenters. The van der Waals surface area contributed by atoms with Crippen molar-refractivity contribution in [2.45, 2.75) is 24.4 Å². The highest BCUT2D eigenvalue weighted by Gasteiger charge is 2.43.